The Labute approximate surface area is 180 Å². The van der Waals surface area contributed by atoms with Gasteiger partial charge in [-0.1, -0.05) is 12.1 Å². The van der Waals surface area contributed by atoms with E-state index in [4.69, 9.17) is 20.0 Å². The van der Waals surface area contributed by atoms with Gasteiger partial charge >= 0.3 is 5.97 Å². The van der Waals surface area contributed by atoms with Gasteiger partial charge in [-0.3, -0.25) is 4.79 Å². The number of ether oxygens (including phenoxy) is 1. The molecule has 3 aromatic carbocycles. The summed E-state index contributed by atoms with van der Waals surface area (Å²) in [7, 11) is 0. The van der Waals surface area contributed by atoms with Crippen LogP contribution >= 0.6 is 12.4 Å². The lowest BCUT2D eigenvalue weighted by molar-refractivity contribution is -0.137. The second kappa shape index (κ2) is 9.50. The van der Waals surface area contributed by atoms with Crippen molar-refractivity contribution >= 4 is 45.9 Å². The minimum Gasteiger partial charge on any atom is -0.494 e. The van der Waals surface area contributed by atoms with Gasteiger partial charge in [0, 0.05) is 23.7 Å². The Bertz CT molecular complexity index is 1170. The number of unbranched alkanes of at least 4 members (excludes halogenated alkanes) is 2. The Morgan fingerprint density at radius 2 is 1.93 bits per heavy atom. The maximum absolute atomic E-state index is 10.5. The van der Waals surface area contributed by atoms with Gasteiger partial charge in [0.1, 0.15) is 11.3 Å². The summed E-state index contributed by atoms with van der Waals surface area (Å²) in [6, 6.07) is 17.4. The van der Waals surface area contributed by atoms with Crippen molar-refractivity contribution in [3.8, 4) is 17.2 Å². The molecule has 1 aromatic heterocycles. The minimum absolute atomic E-state index is 0. The number of nitrogens with zero attached hydrogens (tertiary/aromatic N) is 1. The Kier molecular flexibility index (Phi) is 6.79. The normalized spacial score (nSPS) is 10.8. The van der Waals surface area contributed by atoms with Crippen LogP contribution in [0.4, 0.5) is 5.69 Å². The van der Waals surface area contributed by atoms with E-state index < -0.39 is 5.97 Å². The molecule has 4 rings (SSSR count). The van der Waals surface area contributed by atoms with Gasteiger partial charge in [0.05, 0.1) is 6.61 Å². The number of aromatic nitrogens is 1. The predicted octanol–water partition coefficient (Wildman–Crippen LogP) is 5.68. The van der Waals surface area contributed by atoms with Crippen LogP contribution < -0.4 is 10.5 Å². The van der Waals surface area contributed by atoms with E-state index in [0.29, 0.717) is 30.2 Å². The van der Waals surface area contributed by atoms with E-state index in [2.05, 4.69) is 4.98 Å². The first-order valence-electron chi connectivity index (χ1n) is 9.64. The third-order valence-electron chi connectivity index (χ3n) is 4.80. The Morgan fingerprint density at radius 1 is 1.07 bits per heavy atom. The zero-order chi connectivity index (χ0) is 20.2. The van der Waals surface area contributed by atoms with E-state index in [1.165, 1.54) is 0 Å². The van der Waals surface area contributed by atoms with Gasteiger partial charge in [0.15, 0.2) is 5.58 Å². The van der Waals surface area contributed by atoms with Crippen LogP contribution in [0.15, 0.2) is 59.0 Å². The lowest BCUT2D eigenvalue weighted by Crippen LogP contribution is -1.99. The highest BCUT2D eigenvalue weighted by atomic mass is 35.5. The van der Waals surface area contributed by atoms with Gasteiger partial charge in [0.2, 0.25) is 5.89 Å². The van der Waals surface area contributed by atoms with Crippen molar-refractivity contribution in [3.63, 3.8) is 0 Å². The minimum atomic E-state index is -0.751. The summed E-state index contributed by atoms with van der Waals surface area (Å²) in [5.41, 5.74) is 8.83. The maximum Gasteiger partial charge on any atom is 0.303 e. The van der Waals surface area contributed by atoms with Crippen LogP contribution in [0.1, 0.15) is 25.7 Å². The molecule has 3 N–H and O–H groups in total. The lowest BCUT2D eigenvalue weighted by atomic mass is 10.0. The molecule has 7 heteroatoms. The molecule has 0 aliphatic heterocycles. The molecule has 0 spiro atoms. The van der Waals surface area contributed by atoms with Gasteiger partial charge < -0.3 is 20.0 Å². The number of rotatable bonds is 8. The summed E-state index contributed by atoms with van der Waals surface area (Å²) in [5, 5.41) is 10.7. The molecule has 0 aliphatic rings. The largest absolute Gasteiger partial charge is 0.494 e. The van der Waals surface area contributed by atoms with Crippen LogP contribution in [0.3, 0.4) is 0 Å². The number of halogens is 1. The summed E-state index contributed by atoms with van der Waals surface area (Å²) >= 11 is 0. The van der Waals surface area contributed by atoms with E-state index in [9.17, 15) is 4.79 Å². The number of oxazole rings is 1. The van der Waals surface area contributed by atoms with Crippen molar-refractivity contribution in [1.29, 1.82) is 0 Å². The summed E-state index contributed by atoms with van der Waals surface area (Å²) in [6.07, 6.45) is 2.56. The second-order valence-electron chi connectivity index (χ2n) is 6.99. The number of fused-ring (bicyclic) bond motifs is 2. The topological polar surface area (TPSA) is 98.6 Å². The number of carboxylic acid groups (broad SMARTS) is 1. The lowest BCUT2D eigenvalue weighted by Gasteiger charge is -2.08. The van der Waals surface area contributed by atoms with E-state index >= 15 is 0 Å². The Hall–Kier alpha value is -3.25. The highest BCUT2D eigenvalue weighted by molar-refractivity contribution is 5.96. The van der Waals surface area contributed by atoms with Crippen molar-refractivity contribution in [1.82, 2.24) is 4.98 Å². The van der Waals surface area contributed by atoms with Crippen molar-refractivity contribution in [2.75, 3.05) is 12.3 Å². The number of aliphatic carboxylic acids is 1. The van der Waals surface area contributed by atoms with Gasteiger partial charge in [0.25, 0.3) is 0 Å². The van der Waals surface area contributed by atoms with Crippen LogP contribution in [0.5, 0.6) is 5.75 Å². The number of nitrogen functional groups attached to an aromatic ring is 1. The summed E-state index contributed by atoms with van der Waals surface area (Å²) in [4.78, 5) is 15.1. The summed E-state index contributed by atoms with van der Waals surface area (Å²) < 4.78 is 11.8. The highest BCUT2D eigenvalue weighted by Crippen LogP contribution is 2.32. The van der Waals surface area contributed by atoms with Crippen molar-refractivity contribution in [2.45, 2.75) is 25.7 Å². The number of hydrogen-bond acceptors (Lipinski definition) is 5. The second-order valence-corrected chi connectivity index (χ2v) is 6.99. The Morgan fingerprint density at radius 3 is 2.77 bits per heavy atom. The maximum atomic E-state index is 10.5. The SMILES string of the molecule is Cl.Nc1ccc2nc(-c3cccc4cc(OCCCCCC(=O)O)ccc34)oc2c1. The molecule has 6 nitrogen and oxygen atoms in total. The highest BCUT2D eigenvalue weighted by Gasteiger charge is 2.12. The average Bonchev–Trinajstić information content (AvgIpc) is 3.12. The Balaban J connectivity index is 0.00000256. The van der Waals surface area contributed by atoms with Crippen LogP contribution in [0.2, 0.25) is 0 Å². The van der Waals surface area contributed by atoms with Gasteiger partial charge in [-0.15, -0.1) is 12.4 Å². The van der Waals surface area contributed by atoms with Crippen LogP contribution in [0.25, 0.3) is 33.3 Å². The molecule has 30 heavy (non-hydrogen) atoms. The van der Waals surface area contributed by atoms with Gasteiger partial charge in [-0.2, -0.15) is 0 Å². The molecule has 0 bridgehead atoms. The predicted molar refractivity (Wildman–Crippen MR) is 120 cm³/mol. The van der Waals surface area contributed by atoms with Crippen molar-refractivity contribution in [3.05, 3.63) is 54.6 Å². The van der Waals surface area contributed by atoms with Crippen molar-refractivity contribution < 1.29 is 19.1 Å². The smallest absolute Gasteiger partial charge is 0.303 e. The molecule has 0 amide bonds. The van der Waals surface area contributed by atoms with Gasteiger partial charge in [-0.25, -0.2) is 4.98 Å². The molecule has 0 fully saturated rings. The van der Waals surface area contributed by atoms with Crippen LogP contribution in [-0.2, 0) is 4.79 Å². The number of carboxylic acids is 1. The molecule has 156 valence electrons. The van der Waals surface area contributed by atoms with E-state index in [1.54, 1.807) is 6.07 Å². The van der Waals surface area contributed by atoms with E-state index in [1.807, 2.05) is 48.5 Å². The molecule has 0 unspecified atom stereocenters. The summed E-state index contributed by atoms with van der Waals surface area (Å²) in [6.45, 7) is 0.567. The molecule has 0 radical (unpaired) electrons. The summed E-state index contributed by atoms with van der Waals surface area (Å²) in [5.74, 6) is 0.597. The molecular weight excluding hydrogens is 404 g/mol. The van der Waals surface area contributed by atoms with Gasteiger partial charge in [-0.05, 0) is 66.4 Å². The fourth-order valence-corrected chi connectivity index (χ4v) is 3.34. The first-order chi connectivity index (χ1) is 14.1. The molecule has 0 aliphatic carbocycles. The zero-order valence-electron chi connectivity index (χ0n) is 16.3. The zero-order valence-corrected chi connectivity index (χ0v) is 17.2. The third-order valence-corrected chi connectivity index (χ3v) is 4.80. The first-order valence-corrected chi connectivity index (χ1v) is 9.64. The number of anilines is 1. The van der Waals surface area contributed by atoms with Crippen LogP contribution in [-0.4, -0.2) is 22.7 Å². The number of carbonyl (C=O) groups is 1. The molecule has 4 aromatic rings. The number of nitrogens with two attached hydrogens (primary N) is 1. The quantitative estimate of drug-likeness (QED) is 0.278. The first kappa shape index (κ1) is 21.5. The fraction of sp³-hybridized carbons (Fsp3) is 0.217. The molecule has 1 heterocycles. The molecule has 0 saturated carbocycles. The standard InChI is InChI=1S/C23H22N2O4.ClH/c24-16-8-11-20-21(14-16)29-23(25-20)19-6-4-5-15-13-17(9-10-18(15)19)28-12-3-1-2-7-22(26)27;/h4-6,8-11,13-14H,1-3,7,12,24H2,(H,26,27);1H. The van der Waals surface area contributed by atoms with Crippen LogP contribution in [0, 0.1) is 0 Å². The third kappa shape index (κ3) is 4.83. The average molecular weight is 427 g/mol. The van der Waals surface area contributed by atoms with Crippen molar-refractivity contribution in [2.24, 2.45) is 0 Å². The molecule has 0 saturated heterocycles. The number of benzene rings is 3. The van der Waals surface area contributed by atoms with E-state index in [0.717, 1.165) is 40.4 Å². The molecular formula is C23H23ClN2O4. The molecule has 0 atom stereocenters. The monoisotopic (exact) mass is 426 g/mol. The van der Waals surface area contributed by atoms with E-state index in [-0.39, 0.29) is 18.8 Å². The fourth-order valence-electron chi connectivity index (χ4n) is 3.34. The number of hydrogen-bond donors (Lipinski definition) is 2.